The summed E-state index contributed by atoms with van der Waals surface area (Å²) in [6.45, 7) is 5.52. The van der Waals surface area contributed by atoms with Gasteiger partial charge in [0.1, 0.15) is 6.61 Å². The summed E-state index contributed by atoms with van der Waals surface area (Å²) in [7, 11) is 0. The first kappa shape index (κ1) is 19.5. The molecule has 1 aromatic carbocycles. The van der Waals surface area contributed by atoms with Crippen molar-refractivity contribution in [2.45, 2.75) is 64.8 Å². The predicted molar refractivity (Wildman–Crippen MR) is 96.6 cm³/mol. The monoisotopic (exact) mass is 320 g/mol. The molecule has 0 aliphatic carbocycles. The van der Waals surface area contributed by atoms with Crippen LogP contribution in [0.15, 0.2) is 24.3 Å². The summed E-state index contributed by atoms with van der Waals surface area (Å²) in [4.78, 5) is 11.8. The van der Waals surface area contributed by atoms with Gasteiger partial charge in [-0.05, 0) is 37.6 Å². The number of hydrogen-bond donors (Lipinski definition) is 2. The third-order valence-corrected chi connectivity index (χ3v) is 3.97. The van der Waals surface area contributed by atoms with Crippen molar-refractivity contribution in [3.8, 4) is 0 Å². The Morgan fingerprint density at radius 2 is 1.78 bits per heavy atom. The lowest BCUT2D eigenvalue weighted by Gasteiger charge is -2.13. The van der Waals surface area contributed by atoms with Gasteiger partial charge in [-0.2, -0.15) is 0 Å². The Labute approximate surface area is 140 Å². The maximum absolute atomic E-state index is 11.8. The summed E-state index contributed by atoms with van der Waals surface area (Å²) in [5.74, 6) is -0.296. The number of carbonyl (C=O) groups excluding carboxylic acids is 1. The van der Waals surface area contributed by atoms with Crippen LogP contribution in [-0.4, -0.2) is 25.2 Å². The average Bonchev–Trinajstić information content (AvgIpc) is 2.55. The molecule has 1 atom stereocenters. The van der Waals surface area contributed by atoms with Crippen LogP contribution in [0.3, 0.4) is 0 Å². The van der Waals surface area contributed by atoms with E-state index in [4.69, 9.17) is 10.5 Å². The Balaban J connectivity index is 2.03. The molecule has 0 heterocycles. The fourth-order valence-electron chi connectivity index (χ4n) is 2.48. The first-order valence-corrected chi connectivity index (χ1v) is 8.89. The minimum atomic E-state index is -0.296. The molecule has 0 saturated heterocycles. The largest absolute Gasteiger partial charge is 0.461 e. The maximum Gasteiger partial charge on any atom is 0.338 e. The lowest BCUT2D eigenvalue weighted by Crippen LogP contribution is -2.30. The smallest absolute Gasteiger partial charge is 0.338 e. The van der Waals surface area contributed by atoms with Crippen molar-refractivity contribution in [3.05, 3.63) is 29.8 Å². The number of ether oxygens (including phenoxy) is 1. The molecule has 4 heteroatoms. The zero-order valence-electron chi connectivity index (χ0n) is 14.6. The highest BCUT2D eigenvalue weighted by atomic mass is 16.5. The van der Waals surface area contributed by atoms with Gasteiger partial charge in [-0.3, -0.25) is 0 Å². The minimum absolute atomic E-state index is 0.296. The summed E-state index contributed by atoms with van der Waals surface area (Å²) in [5, 5.41) is 3.40. The first-order chi connectivity index (χ1) is 11.1. The Kier molecular flexibility index (Phi) is 10.1. The van der Waals surface area contributed by atoms with E-state index < -0.39 is 0 Å². The van der Waals surface area contributed by atoms with Gasteiger partial charge in [0, 0.05) is 18.3 Å². The fourth-order valence-corrected chi connectivity index (χ4v) is 2.48. The van der Waals surface area contributed by atoms with E-state index in [-0.39, 0.29) is 5.97 Å². The summed E-state index contributed by atoms with van der Waals surface area (Å²) in [5.41, 5.74) is 6.78. The van der Waals surface area contributed by atoms with Gasteiger partial charge >= 0.3 is 5.97 Å². The van der Waals surface area contributed by atoms with Gasteiger partial charge in [-0.1, -0.05) is 45.4 Å². The van der Waals surface area contributed by atoms with Crippen LogP contribution in [0.2, 0.25) is 0 Å². The van der Waals surface area contributed by atoms with Crippen molar-refractivity contribution in [3.63, 3.8) is 0 Å². The van der Waals surface area contributed by atoms with Crippen molar-refractivity contribution in [2.24, 2.45) is 0 Å². The van der Waals surface area contributed by atoms with E-state index in [1.165, 1.54) is 44.9 Å². The van der Waals surface area contributed by atoms with Gasteiger partial charge in [0.15, 0.2) is 0 Å². The van der Waals surface area contributed by atoms with Crippen molar-refractivity contribution < 1.29 is 9.53 Å². The molecule has 0 radical (unpaired) electrons. The van der Waals surface area contributed by atoms with Crippen molar-refractivity contribution in [1.29, 1.82) is 0 Å². The molecule has 1 rings (SSSR count). The summed E-state index contributed by atoms with van der Waals surface area (Å²) >= 11 is 0. The molecule has 1 unspecified atom stereocenters. The number of nitrogen functional groups attached to an aromatic ring is 1. The molecule has 0 aliphatic heterocycles. The van der Waals surface area contributed by atoms with E-state index in [1.807, 2.05) is 0 Å². The topological polar surface area (TPSA) is 64.3 Å². The lowest BCUT2D eigenvalue weighted by molar-refractivity contribution is 0.0506. The average molecular weight is 320 g/mol. The van der Waals surface area contributed by atoms with Crippen LogP contribution in [0.25, 0.3) is 0 Å². The van der Waals surface area contributed by atoms with Crippen LogP contribution in [-0.2, 0) is 4.74 Å². The number of nitrogens with one attached hydrogen (secondary N) is 1. The number of benzene rings is 1. The number of esters is 1. The second-order valence-electron chi connectivity index (χ2n) is 6.17. The Hall–Kier alpha value is -1.55. The molecule has 0 amide bonds. The van der Waals surface area contributed by atoms with Crippen LogP contribution in [0, 0.1) is 0 Å². The molecule has 0 fully saturated rings. The zero-order chi connectivity index (χ0) is 16.9. The standard InChI is InChI=1S/C19H32N2O2/c1-3-4-5-6-7-8-9-16(2)21-14-15-23-19(22)17-10-12-18(20)13-11-17/h10-13,16,21H,3-9,14-15,20H2,1-2H3. The van der Waals surface area contributed by atoms with Crippen molar-refractivity contribution in [2.75, 3.05) is 18.9 Å². The third-order valence-electron chi connectivity index (χ3n) is 3.97. The van der Waals surface area contributed by atoms with E-state index in [2.05, 4.69) is 19.2 Å². The Bertz CT molecular complexity index is 432. The number of nitrogens with two attached hydrogens (primary N) is 1. The van der Waals surface area contributed by atoms with Gasteiger partial charge in [0.2, 0.25) is 0 Å². The minimum Gasteiger partial charge on any atom is -0.461 e. The highest BCUT2D eigenvalue weighted by molar-refractivity contribution is 5.89. The van der Waals surface area contributed by atoms with Gasteiger partial charge < -0.3 is 15.8 Å². The number of hydrogen-bond acceptors (Lipinski definition) is 4. The van der Waals surface area contributed by atoms with Crippen LogP contribution in [0.1, 0.15) is 69.2 Å². The Morgan fingerprint density at radius 3 is 2.48 bits per heavy atom. The molecule has 0 aliphatic rings. The number of carbonyl (C=O) groups is 1. The molecular formula is C19H32N2O2. The lowest BCUT2D eigenvalue weighted by atomic mass is 10.1. The van der Waals surface area contributed by atoms with Crippen molar-refractivity contribution >= 4 is 11.7 Å². The van der Waals surface area contributed by atoms with E-state index in [0.29, 0.717) is 30.4 Å². The predicted octanol–water partition coefficient (Wildman–Crippen LogP) is 4.15. The van der Waals surface area contributed by atoms with E-state index in [9.17, 15) is 4.79 Å². The van der Waals surface area contributed by atoms with Crippen LogP contribution >= 0.6 is 0 Å². The van der Waals surface area contributed by atoms with Gasteiger partial charge in [-0.15, -0.1) is 0 Å². The zero-order valence-corrected chi connectivity index (χ0v) is 14.6. The summed E-state index contributed by atoms with van der Waals surface area (Å²) in [6, 6.07) is 7.25. The Morgan fingerprint density at radius 1 is 1.13 bits per heavy atom. The second kappa shape index (κ2) is 11.9. The van der Waals surface area contributed by atoms with Crippen LogP contribution in [0.4, 0.5) is 5.69 Å². The van der Waals surface area contributed by atoms with Gasteiger partial charge in [0.05, 0.1) is 5.56 Å². The second-order valence-corrected chi connectivity index (χ2v) is 6.17. The molecular weight excluding hydrogens is 288 g/mol. The van der Waals surface area contributed by atoms with Crippen molar-refractivity contribution in [1.82, 2.24) is 5.32 Å². The van der Waals surface area contributed by atoms with Crippen LogP contribution < -0.4 is 11.1 Å². The van der Waals surface area contributed by atoms with E-state index in [0.717, 1.165) is 0 Å². The highest BCUT2D eigenvalue weighted by Gasteiger charge is 2.07. The van der Waals surface area contributed by atoms with E-state index >= 15 is 0 Å². The molecule has 3 N–H and O–H groups in total. The van der Waals surface area contributed by atoms with Crippen LogP contribution in [0.5, 0.6) is 0 Å². The fraction of sp³-hybridized carbons (Fsp3) is 0.632. The molecule has 0 aromatic heterocycles. The summed E-state index contributed by atoms with van der Waals surface area (Å²) < 4.78 is 5.25. The first-order valence-electron chi connectivity index (χ1n) is 8.89. The molecule has 130 valence electrons. The number of anilines is 1. The highest BCUT2D eigenvalue weighted by Crippen LogP contribution is 2.09. The molecule has 0 bridgehead atoms. The number of rotatable bonds is 12. The SMILES string of the molecule is CCCCCCCCC(C)NCCOC(=O)c1ccc(N)cc1. The molecule has 23 heavy (non-hydrogen) atoms. The van der Waals surface area contributed by atoms with Gasteiger partial charge in [-0.25, -0.2) is 4.79 Å². The summed E-state index contributed by atoms with van der Waals surface area (Å²) in [6.07, 6.45) is 9.12. The third kappa shape index (κ3) is 9.24. The molecule has 4 nitrogen and oxygen atoms in total. The van der Waals surface area contributed by atoms with Gasteiger partial charge in [0.25, 0.3) is 0 Å². The molecule has 0 spiro atoms. The normalized spacial score (nSPS) is 12.1. The quantitative estimate of drug-likeness (QED) is 0.345. The number of unbranched alkanes of at least 4 members (excludes halogenated alkanes) is 5. The maximum atomic E-state index is 11.8. The van der Waals surface area contributed by atoms with E-state index in [1.54, 1.807) is 24.3 Å². The molecule has 1 aromatic rings. The molecule has 0 saturated carbocycles.